The number of nitrogens with zero attached hydrogens (tertiary/aromatic N) is 10. The van der Waals surface area contributed by atoms with Gasteiger partial charge in [-0.3, -0.25) is 29.9 Å². The first-order valence-corrected chi connectivity index (χ1v) is 14.3. The zero-order valence-corrected chi connectivity index (χ0v) is 26.2. The third-order valence-electron chi connectivity index (χ3n) is 7.89. The number of aromatic nitrogens is 10. The van der Waals surface area contributed by atoms with Gasteiger partial charge in [-0.15, -0.1) is 0 Å². The van der Waals surface area contributed by atoms with E-state index in [1.54, 1.807) is 21.5 Å². The molecule has 2 aromatic carbocycles. The summed E-state index contributed by atoms with van der Waals surface area (Å²) < 4.78 is 3.54. The van der Waals surface area contributed by atoms with Crippen molar-refractivity contribution in [1.82, 2.24) is 49.0 Å². The van der Waals surface area contributed by atoms with Crippen molar-refractivity contribution in [2.24, 2.45) is 0 Å². The monoisotopic (exact) mass is 690 g/mol. The number of hydrogen-bond donors (Lipinski definition) is 0. The maximum atomic E-state index is 5.19. The van der Waals surface area contributed by atoms with Gasteiger partial charge < -0.3 is 19.1 Å². The van der Waals surface area contributed by atoms with E-state index in [2.05, 4.69) is 92.8 Å². The summed E-state index contributed by atoms with van der Waals surface area (Å²) in [5.41, 5.74) is 7.62. The summed E-state index contributed by atoms with van der Waals surface area (Å²) >= 11 is 0. The van der Waals surface area contributed by atoms with E-state index in [4.69, 9.17) is 9.97 Å². The zero-order chi connectivity index (χ0) is 30.4. The molecule has 46 heavy (non-hydrogen) atoms. The van der Waals surface area contributed by atoms with E-state index in [9.17, 15) is 0 Å². The molecule has 8 rings (SSSR count). The molecule has 0 aliphatic heterocycles. The van der Waals surface area contributed by atoms with Crippen molar-refractivity contribution in [3.05, 3.63) is 134 Å². The van der Waals surface area contributed by atoms with E-state index in [-0.39, 0.29) is 20.4 Å². The minimum absolute atomic E-state index is 0. The Bertz CT molecular complexity index is 2150. The zero-order valence-electron chi connectivity index (χ0n) is 24.7. The third-order valence-corrected chi connectivity index (χ3v) is 7.89. The molecule has 0 N–H and O–H groups in total. The molecular formula is C35H24N10Pd. The fourth-order valence-electron chi connectivity index (χ4n) is 5.38. The smallest absolute Gasteiger partial charge is 0.396 e. The average Bonchev–Trinajstić information content (AvgIpc) is 3.74. The maximum Gasteiger partial charge on any atom is 2.00 e. The van der Waals surface area contributed by atoms with E-state index in [1.165, 1.54) is 12.7 Å². The van der Waals surface area contributed by atoms with Crippen molar-refractivity contribution < 1.29 is 20.4 Å². The Morgan fingerprint density at radius 3 is 1.43 bits per heavy atom. The van der Waals surface area contributed by atoms with Gasteiger partial charge in [-0.2, -0.15) is 0 Å². The largest absolute Gasteiger partial charge is 2.00 e. The molecule has 0 aliphatic rings. The Hall–Kier alpha value is -5.50. The molecule has 10 nitrogen and oxygen atoms in total. The molecule has 6 aromatic heterocycles. The van der Waals surface area contributed by atoms with Crippen LogP contribution in [0.1, 0.15) is 25.2 Å². The Balaban J connectivity index is 0.00000338. The number of hydrogen-bond acceptors (Lipinski definition) is 8. The van der Waals surface area contributed by atoms with Crippen LogP contribution in [0.3, 0.4) is 0 Å². The molecule has 0 saturated carbocycles. The van der Waals surface area contributed by atoms with Gasteiger partial charge in [0, 0.05) is 64.2 Å². The minimum atomic E-state index is -0.657. The molecule has 224 valence electrons. The Labute approximate surface area is 278 Å². The van der Waals surface area contributed by atoms with Crippen molar-refractivity contribution in [3.8, 4) is 33.9 Å². The summed E-state index contributed by atoms with van der Waals surface area (Å²) in [4.78, 5) is 36.3. The quantitative estimate of drug-likeness (QED) is 0.155. The molecule has 0 fully saturated rings. The van der Waals surface area contributed by atoms with E-state index in [0.29, 0.717) is 34.0 Å². The van der Waals surface area contributed by atoms with Gasteiger partial charge in [-0.1, -0.05) is 72.8 Å². The van der Waals surface area contributed by atoms with Crippen LogP contribution < -0.4 is 0 Å². The van der Waals surface area contributed by atoms with Gasteiger partial charge in [-0.25, -0.2) is 0 Å². The van der Waals surface area contributed by atoms with Crippen molar-refractivity contribution in [2.75, 3.05) is 0 Å². The first-order chi connectivity index (χ1) is 22.0. The summed E-state index contributed by atoms with van der Waals surface area (Å²) in [6.45, 7) is 4.26. The van der Waals surface area contributed by atoms with Crippen LogP contribution in [0.25, 0.3) is 56.2 Å². The number of rotatable bonds is 6. The summed E-state index contributed by atoms with van der Waals surface area (Å²) in [5, 5.41) is 0. The first-order valence-electron chi connectivity index (χ1n) is 14.3. The Morgan fingerprint density at radius 2 is 1.00 bits per heavy atom. The third kappa shape index (κ3) is 5.15. The number of pyridine rings is 2. The maximum absolute atomic E-state index is 5.19. The van der Waals surface area contributed by atoms with Crippen LogP contribution in [-0.4, -0.2) is 49.0 Å². The molecule has 0 amide bonds. The summed E-state index contributed by atoms with van der Waals surface area (Å²) in [6.07, 6.45) is 12.5. The standard InChI is InChI=1S/C35H24N10.Pd/c1-35(2,29-13-25(23-9-5-3-6-10-23)15-31(42-29)44-21-40-27-17-36-19-38-33(27)44)30-14-26(24-11-7-4-8-12-24)16-32(43-30)45-22-41-28-18-37-20-39-34(28)45;/h3-20H,1-2H3;/q-2;+2. The normalized spacial score (nSPS) is 11.5. The van der Waals surface area contributed by atoms with Crippen molar-refractivity contribution in [2.45, 2.75) is 19.3 Å². The predicted octanol–water partition coefficient (Wildman–Crippen LogP) is 5.99. The number of fused-ring (bicyclic) bond motifs is 2. The molecule has 0 saturated heterocycles. The van der Waals surface area contributed by atoms with Gasteiger partial charge in [0.2, 0.25) is 0 Å². The van der Waals surface area contributed by atoms with Crippen molar-refractivity contribution in [3.63, 3.8) is 0 Å². The molecule has 11 heteroatoms. The second-order valence-corrected chi connectivity index (χ2v) is 11.1. The van der Waals surface area contributed by atoms with Crippen molar-refractivity contribution >= 4 is 22.3 Å². The van der Waals surface area contributed by atoms with Crippen LogP contribution in [-0.2, 0) is 25.8 Å². The topological polar surface area (TPSA) is 113 Å². The average molecular weight is 691 g/mol. The van der Waals surface area contributed by atoms with E-state index >= 15 is 0 Å². The van der Waals surface area contributed by atoms with E-state index in [0.717, 1.165) is 33.6 Å². The van der Waals surface area contributed by atoms with Crippen LogP contribution in [0.5, 0.6) is 0 Å². The van der Waals surface area contributed by atoms with Crippen LogP contribution in [0.15, 0.2) is 110 Å². The van der Waals surface area contributed by atoms with Gasteiger partial charge in [0.1, 0.15) is 12.7 Å². The number of benzene rings is 2. The van der Waals surface area contributed by atoms with E-state index < -0.39 is 5.41 Å². The minimum Gasteiger partial charge on any atom is -0.396 e. The molecule has 0 unspecified atom stereocenters. The summed E-state index contributed by atoms with van der Waals surface area (Å²) in [5.74, 6) is 1.29. The fraction of sp³-hybridized carbons (Fsp3) is 0.0857. The SMILES string of the molecule is CC(C)(c1cc(-c2ccccc2)cc(-n2[c-]nc3cncnc32)n1)c1cc(-c2ccccc2)cc(-n2[c-]nc3cncnc32)n1.[Pd+2]. The Morgan fingerprint density at radius 1 is 0.565 bits per heavy atom. The molecule has 6 heterocycles. The Kier molecular flexibility index (Phi) is 7.49. The molecule has 0 atom stereocenters. The van der Waals surface area contributed by atoms with Gasteiger partial charge in [0.25, 0.3) is 0 Å². The van der Waals surface area contributed by atoms with Gasteiger partial charge in [0.15, 0.2) is 0 Å². The predicted molar refractivity (Wildman–Crippen MR) is 170 cm³/mol. The van der Waals surface area contributed by atoms with Gasteiger partial charge in [-0.05, 0) is 48.2 Å². The van der Waals surface area contributed by atoms with Crippen LogP contribution in [0, 0.1) is 12.7 Å². The molecule has 0 spiro atoms. The van der Waals surface area contributed by atoms with Crippen LogP contribution in [0.4, 0.5) is 0 Å². The fourth-order valence-corrected chi connectivity index (χ4v) is 5.38. The number of imidazole rings is 2. The van der Waals surface area contributed by atoms with Gasteiger partial charge >= 0.3 is 20.4 Å². The molecular weight excluding hydrogens is 667 g/mol. The molecule has 8 aromatic rings. The second-order valence-electron chi connectivity index (χ2n) is 11.1. The molecule has 0 radical (unpaired) electrons. The molecule has 0 aliphatic carbocycles. The second kappa shape index (κ2) is 11.8. The molecule has 0 bridgehead atoms. The van der Waals surface area contributed by atoms with Crippen LogP contribution >= 0.6 is 0 Å². The van der Waals surface area contributed by atoms with E-state index in [1.807, 2.05) is 48.5 Å². The van der Waals surface area contributed by atoms with Gasteiger partial charge in [0.05, 0.1) is 11.6 Å². The first kappa shape index (κ1) is 29.2. The summed E-state index contributed by atoms with van der Waals surface area (Å²) in [7, 11) is 0. The summed E-state index contributed by atoms with van der Waals surface area (Å²) in [6, 6.07) is 28.8. The van der Waals surface area contributed by atoms with Crippen molar-refractivity contribution in [1.29, 1.82) is 0 Å². The van der Waals surface area contributed by atoms with Crippen LogP contribution in [0.2, 0.25) is 0 Å².